The molecular formula is C28H30F3N7O. The Kier molecular flexibility index (Phi) is 7.02. The molecule has 204 valence electrons. The van der Waals surface area contributed by atoms with Crippen LogP contribution in [0.3, 0.4) is 0 Å². The molecule has 2 aromatic carbocycles. The molecule has 0 unspecified atom stereocenters. The Bertz CT molecular complexity index is 1530. The van der Waals surface area contributed by atoms with Crippen LogP contribution in [0.4, 0.5) is 18.9 Å². The molecule has 0 spiro atoms. The van der Waals surface area contributed by atoms with Crippen molar-refractivity contribution in [2.24, 2.45) is 7.05 Å². The predicted octanol–water partition coefficient (Wildman–Crippen LogP) is 5.46. The zero-order valence-electron chi connectivity index (χ0n) is 22.3. The normalized spacial score (nSPS) is 14.2. The molecule has 8 nitrogen and oxygen atoms in total. The van der Waals surface area contributed by atoms with Gasteiger partial charge in [-0.25, -0.2) is 4.68 Å². The fourth-order valence-corrected chi connectivity index (χ4v) is 4.94. The van der Waals surface area contributed by atoms with Crippen molar-refractivity contribution in [3.8, 4) is 16.9 Å². The van der Waals surface area contributed by atoms with E-state index in [0.29, 0.717) is 29.1 Å². The van der Waals surface area contributed by atoms with E-state index in [4.69, 9.17) is 0 Å². The molecule has 1 fully saturated rings. The first kappa shape index (κ1) is 26.6. The third-order valence-corrected chi connectivity index (χ3v) is 7.39. The Morgan fingerprint density at radius 2 is 1.82 bits per heavy atom. The topological polar surface area (TPSA) is 80.9 Å². The molecule has 1 saturated heterocycles. The first-order chi connectivity index (χ1) is 18.5. The van der Waals surface area contributed by atoms with Crippen LogP contribution >= 0.6 is 0 Å². The van der Waals surface area contributed by atoms with Gasteiger partial charge in [0.15, 0.2) is 0 Å². The van der Waals surface area contributed by atoms with Crippen molar-refractivity contribution < 1.29 is 18.0 Å². The maximum absolute atomic E-state index is 13.9. The molecule has 0 atom stereocenters. The molecule has 2 aromatic heterocycles. The molecular weight excluding hydrogens is 507 g/mol. The molecule has 11 heteroatoms. The van der Waals surface area contributed by atoms with Crippen molar-refractivity contribution in [1.29, 1.82) is 0 Å². The quantitative estimate of drug-likeness (QED) is 0.353. The molecule has 3 heterocycles. The van der Waals surface area contributed by atoms with Crippen LogP contribution in [0.1, 0.15) is 51.1 Å². The van der Waals surface area contributed by atoms with Crippen molar-refractivity contribution in [3.63, 3.8) is 0 Å². The molecule has 0 bridgehead atoms. The van der Waals surface area contributed by atoms with Crippen molar-refractivity contribution in [2.75, 3.05) is 18.4 Å². The van der Waals surface area contributed by atoms with Gasteiger partial charge in [0, 0.05) is 36.1 Å². The molecule has 1 amide bonds. The number of aromatic nitrogens is 5. The van der Waals surface area contributed by atoms with E-state index < -0.39 is 17.6 Å². The molecule has 1 aliphatic heterocycles. The summed E-state index contributed by atoms with van der Waals surface area (Å²) in [7, 11) is 1.84. The molecule has 1 aliphatic rings. The van der Waals surface area contributed by atoms with Crippen molar-refractivity contribution in [2.45, 2.75) is 46.3 Å². The van der Waals surface area contributed by atoms with E-state index in [1.807, 2.05) is 20.9 Å². The summed E-state index contributed by atoms with van der Waals surface area (Å²) in [5.74, 6) is -0.510. The Morgan fingerprint density at radius 3 is 2.49 bits per heavy atom. The van der Waals surface area contributed by atoms with E-state index in [9.17, 15) is 18.0 Å². The first-order valence-corrected chi connectivity index (χ1v) is 12.8. The van der Waals surface area contributed by atoms with E-state index in [-0.39, 0.29) is 11.3 Å². The average molecular weight is 538 g/mol. The van der Waals surface area contributed by atoms with Gasteiger partial charge in [0.1, 0.15) is 5.69 Å². The lowest BCUT2D eigenvalue weighted by Crippen LogP contribution is -2.21. The molecule has 0 saturated carbocycles. The Labute approximate surface area is 224 Å². The van der Waals surface area contributed by atoms with Gasteiger partial charge in [-0.2, -0.15) is 18.3 Å². The Balaban J connectivity index is 1.43. The maximum atomic E-state index is 13.9. The fourth-order valence-electron chi connectivity index (χ4n) is 4.94. The monoisotopic (exact) mass is 537 g/mol. The minimum Gasteiger partial charge on any atom is -0.322 e. The molecule has 5 rings (SSSR count). The Hall–Kier alpha value is -3.99. The second kappa shape index (κ2) is 10.3. The molecule has 1 N–H and O–H groups in total. The number of hydrogen-bond acceptors (Lipinski definition) is 5. The number of hydrogen-bond donors (Lipinski definition) is 1. The van der Waals surface area contributed by atoms with E-state index in [1.165, 1.54) is 6.92 Å². The zero-order chi connectivity index (χ0) is 27.9. The zero-order valence-corrected chi connectivity index (χ0v) is 22.3. The van der Waals surface area contributed by atoms with E-state index in [1.54, 1.807) is 46.0 Å². The van der Waals surface area contributed by atoms with Crippen molar-refractivity contribution >= 4 is 11.6 Å². The smallest absolute Gasteiger partial charge is 0.322 e. The number of likely N-dealkylation sites (tertiary alicyclic amines) is 1. The number of carbonyl (C=O) groups is 1. The molecule has 4 aromatic rings. The lowest BCUT2D eigenvalue weighted by molar-refractivity contribution is -0.138. The summed E-state index contributed by atoms with van der Waals surface area (Å²) in [6.45, 7) is 7.43. The van der Waals surface area contributed by atoms with E-state index in [2.05, 4.69) is 25.6 Å². The second-order valence-electron chi connectivity index (χ2n) is 10.1. The Morgan fingerprint density at radius 1 is 1.08 bits per heavy atom. The fraction of sp³-hybridized carbons (Fsp3) is 0.357. The third-order valence-electron chi connectivity index (χ3n) is 7.39. The lowest BCUT2D eigenvalue weighted by atomic mass is 9.99. The number of rotatable bonds is 6. The van der Waals surface area contributed by atoms with Crippen LogP contribution in [0.5, 0.6) is 0 Å². The van der Waals surface area contributed by atoms with Gasteiger partial charge >= 0.3 is 6.18 Å². The number of benzene rings is 2. The largest absolute Gasteiger partial charge is 0.416 e. The number of aryl methyl sites for hydroxylation is 2. The van der Waals surface area contributed by atoms with Crippen LogP contribution in [0.15, 0.2) is 42.7 Å². The van der Waals surface area contributed by atoms with Crippen LogP contribution in [-0.4, -0.2) is 48.7 Å². The molecule has 39 heavy (non-hydrogen) atoms. The highest BCUT2D eigenvalue weighted by Crippen LogP contribution is 2.36. The number of carbonyl (C=O) groups excluding carboxylic acids is 1. The highest BCUT2D eigenvalue weighted by atomic mass is 19.4. The van der Waals surface area contributed by atoms with E-state index in [0.717, 1.165) is 48.8 Å². The van der Waals surface area contributed by atoms with Crippen LogP contribution in [0.25, 0.3) is 16.9 Å². The number of halogens is 3. The van der Waals surface area contributed by atoms with Gasteiger partial charge in [-0.15, -0.1) is 5.10 Å². The summed E-state index contributed by atoms with van der Waals surface area (Å²) in [5.41, 5.74) is 4.34. The van der Waals surface area contributed by atoms with Gasteiger partial charge in [0.2, 0.25) is 0 Å². The number of anilines is 1. The number of amides is 1. The van der Waals surface area contributed by atoms with Gasteiger partial charge in [-0.3, -0.25) is 14.4 Å². The number of nitrogens with zero attached hydrogens (tertiary/aromatic N) is 6. The second-order valence-corrected chi connectivity index (χ2v) is 10.1. The van der Waals surface area contributed by atoms with Crippen molar-refractivity contribution in [1.82, 2.24) is 29.7 Å². The van der Waals surface area contributed by atoms with Gasteiger partial charge in [0.05, 0.1) is 23.6 Å². The number of alkyl halides is 3. The summed E-state index contributed by atoms with van der Waals surface area (Å²) in [6.07, 6.45) is 1.02. The minimum absolute atomic E-state index is 0.115. The molecule has 0 radical (unpaired) electrons. The average Bonchev–Trinajstić information content (AvgIpc) is 3.63. The van der Waals surface area contributed by atoms with Gasteiger partial charge < -0.3 is 5.32 Å². The lowest BCUT2D eigenvalue weighted by Gasteiger charge is -2.21. The summed E-state index contributed by atoms with van der Waals surface area (Å²) >= 11 is 0. The summed E-state index contributed by atoms with van der Waals surface area (Å²) in [6, 6.07) is 7.73. The molecule has 0 aliphatic carbocycles. The van der Waals surface area contributed by atoms with Crippen LogP contribution in [0.2, 0.25) is 0 Å². The van der Waals surface area contributed by atoms with Gasteiger partial charge in [-0.1, -0.05) is 11.3 Å². The third kappa shape index (κ3) is 5.44. The predicted molar refractivity (Wildman–Crippen MR) is 142 cm³/mol. The van der Waals surface area contributed by atoms with Crippen LogP contribution in [-0.2, 0) is 19.8 Å². The number of nitrogens with one attached hydrogen (secondary N) is 1. The van der Waals surface area contributed by atoms with Gasteiger partial charge in [-0.05, 0) is 87.7 Å². The summed E-state index contributed by atoms with van der Waals surface area (Å²) in [4.78, 5) is 15.4. The van der Waals surface area contributed by atoms with Crippen LogP contribution < -0.4 is 5.32 Å². The van der Waals surface area contributed by atoms with E-state index >= 15 is 0 Å². The summed E-state index contributed by atoms with van der Waals surface area (Å²) < 4.78 is 44.9. The van der Waals surface area contributed by atoms with Crippen LogP contribution in [0, 0.1) is 20.8 Å². The standard InChI is InChI=1S/C28H30F3N7O/c1-17-7-8-20(12-26(17)38-16-25(34-35-38)23-14-32-36(4)19(23)3)27(39)33-22-11-21(15-37-9-5-6-10-37)18(2)24(13-22)28(29,30)31/h7-8,11-14,16H,5-6,9-10,15H2,1-4H3,(H,33,39). The SMILES string of the molecule is Cc1ccc(C(=O)Nc2cc(CN3CCCC3)c(C)c(C(F)(F)F)c2)cc1-n1cc(-c2cnn(C)c2C)nn1. The first-order valence-electron chi connectivity index (χ1n) is 12.8. The highest BCUT2D eigenvalue weighted by molar-refractivity contribution is 6.04. The van der Waals surface area contributed by atoms with Gasteiger partial charge in [0.25, 0.3) is 5.91 Å². The highest BCUT2D eigenvalue weighted by Gasteiger charge is 2.34. The minimum atomic E-state index is -4.53. The summed E-state index contributed by atoms with van der Waals surface area (Å²) in [5, 5.41) is 15.4. The van der Waals surface area contributed by atoms with Crippen molar-refractivity contribution in [3.05, 3.63) is 76.2 Å². The maximum Gasteiger partial charge on any atom is 0.416 e.